The third-order valence-electron chi connectivity index (χ3n) is 4.50. The van der Waals surface area contributed by atoms with Crippen molar-refractivity contribution in [1.82, 2.24) is 10.2 Å². The van der Waals surface area contributed by atoms with Crippen molar-refractivity contribution in [2.45, 2.75) is 25.8 Å². The van der Waals surface area contributed by atoms with Gasteiger partial charge in [-0.05, 0) is 51.0 Å². The Bertz CT molecular complexity index is 414. The van der Waals surface area contributed by atoms with Gasteiger partial charge in [-0.2, -0.15) is 0 Å². The molecule has 1 aliphatic heterocycles. The largest absolute Gasteiger partial charge is 0.374 e. The molecule has 1 aliphatic rings. The average Bonchev–Trinajstić information content (AvgIpc) is 2.86. The number of rotatable bonds is 6. The Morgan fingerprint density at radius 2 is 2.15 bits per heavy atom. The third-order valence-corrected chi connectivity index (χ3v) is 4.50. The first kappa shape index (κ1) is 15.3. The van der Waals surface area contributed by atoms with E-state index in [0.29, 0.717) is 6.04 Å². The molecule has 1 saturated heterocycles. The van der Waals surface area contributed by atoms with Crippen LogP contribution in [0.4, 0.5) is 5.69 Å². The molecule has 2 rings (SSSR count). The lowest BCUT2D eigenvalue weighted by Crippen LogP contribution is -2.29. The molecule has 0 aromatic heterocycles. The lowest BCUT2D eigenvalue weighted by molar-refractivity contribution is 0.395. The maximum Gasteiger partial charge on any atom is 0.0412 e. The molecule has 0 radical (unpaired) electrons. The Kier molecular flexibility index (Phi) is 5.44. The number of benzene rings is 1. The zero-order valence-electron chi connectivity index (χ0n) is 13.4. The third kappa shape index (κ3) is 3.53. The second-order valence-corrected chi connectivity index (χ2v) is 6.11. The van der Waals surface area contributed by atoms with Gasteiger partial charge in [0.1, 0.15) is 0 Å². The summed E-state index contributed by atoms with van der Waals surface area (Å²) in [6.45, 7) is 5.87. The molecule has 3 heteroatoms. The normalized spacial score (nSPS) is 21.1. The van der Waals surface area contributed by atoms with Gasteiger partial charge in [0.25, 0.3) is 0 Å². The highest BCUT2D eigenvalue weighted by atomic mass is 15.2. The smallest absolute Gasteiger partial charge is 0.0412 e. The maximum atomic E-state index is 3.43. The van der Waals surface area contributed by atoms with Crippen LogP contribution in [0, 0.1) is 5.92 Å². The molecule has 0 amide bonds. The Hall–Kier alpha value is -1.06. The molecular weight excluding hydrogens is 246 g/mol. The molecule has 0 bridgehead atoms. The van der Waals surface area contributed by atoms with Crippen molar-refractivity contribution in [3.63, 3.8) is 0 Å². The second kappa shape index (κ2) is 7.09. The Labute approximate surface area is 124 Å². The zero-order valence-corrected chi connectivity index (χ0v) is 13.4. The molecule has 1 aromatic rings. The van der Waals surface area contributed by atoms with E-state index in [1.165, 1.54) is 30.8 Å². The van der Waals surface area contributed by atoms with Crippen LogP contribution < -0.4 is 10.2 Å². The van der Waals surface area contributed by atoms with Crippen LogP contribution in [-0.4, -0.2) is 45.7 Å². The van der Waals surface area contributed by atoms with E-state index < -0.39 is 0 Å². The van der Waals surface area contributed by atoms with Crippen LogP contribution in [0.1, 0.15) is 31.4 Å². The van der Waals surface area contributed by atoms with Crippen molar-refractivity contribution >= 4 is 5.69 Å². The van der Waals surface area contributed by atoms with Gasteiger partial charge in [-0.1, -0.05) is 25.1 Å². The molecule has 2 unspecified atom stereocenters. The van der Waals surface area contributed by atoms with Gasteiger partial charge in [-0.25, -0.2) is 0 Å². The molecule has 1 N–H and O–H groups in total. The van der Waals surface area contributed by atoms with Crippen LogP contribution in [0.25, 0.3) is 0 Å². The van der Waals surface area contributed by atoms with Gasteiger partial charge in [0.15, 0.2) is 0 Å². The first-order chi connectivity index (χ1) is 9.65. The standard InChI is InChI=1S/C17H29N3/c1-5-16(18-2)15-8-6-7-9-17(15)20(4)13-14-10-11-19(3)12-14/h6-9,14,16,18H,5,10-13H2,1-4H3. The van der Waals surface area contributed by atoms with Gasteiger partial charge in [-0.15, -0.1) is 0 Å². The molecule has 0 saturated carbocycles. The quantitative estimate of drug-likeness (QED) is 0.861. The predicted octanol–water partition coefficient (Wildman–Crippen LogP) is 2.75. The van der Waals surface area contributed by atoms with Crippen LogP contribution in [0.2, 0.25) is 0 Å². The summed E-state index contributed by atoms with van der Waals surface area (Å²) >= 11 is 0. The number of hydrogen-bond acceptors (Lipinski definition) is 3. The molecule has 0 aliphatic carbocycles. The van der Waals surface area contributed by atoms with E-state index in [2.05, 4.69) is 67.4 Å². The second-order valence-electron chi connectivity index (χ2n) is 6.11. The van der Waals surface area contributed by atoms with Crippen LogP contribution >= 0.6 is 0 Å². The highest BCUT2D eigenvalue weighted by Crippen LogP contribution is 2.28. The number of hydrogen-bond donors (Lipinski definition) is 1. The minimum absolute atomic E-state index is 0.444. The van der Waals surface area contributed by atoms with Gasteiger partial charge in [0.05, 0.1) is 0 Å². The Morgan fingerprint density at radius 1 is 1.40 bits per heavy atom. The summed E-state index contributed by atoms with van der Waals surface area (Å²) in [6.07, 6.45) is 2.44. The van der Waals surface area contributed by atoms with Crippen molar-refractivity contribution in [2.75, 3.05) is 45.7 Å². The highest BCUT2D eigenvalue weighted by Gasteiger charge is 2.22. The summed E-state index contributed by atoms with van der Waals surface area (Å²) < 4.78 is 0. The number of nitrogens with one attached hydrogen (secondary N) is 1. The fourth-order valence-corrected chi connectivity index (χ4v) is 3.37. The van der Waals surface area contributed by atoms with Crippen LogP contribution in [0.3, 0.4) is 0 Å². The maximum absolute atomic E-state index is 3.43. The molecule has 112 valence electrons. The molecule has 0 spiro atoms. The van der Waals surface area contributed by atoms with Gasteiger partial charge in [0.2, 0.25) is 0 Å². The number of anilines is 1. The van der Waals surface area contributed by atoms with Crippen LogP contribution in [0.15, 0.2) is 24.3 Å². The van der Waals surface area contributed by atoms with Crippen molar-refractivity contribution in [3.05, 3.63) is 29.8 Å². The number of nitrogens with zero attached hydrogens (tertiary/aromatic N) is 2. The molecule has 1 aromatic carbocycles. The topological polar surface area (TPSA) is 18.5 Å². The van der Waals surface area contributed by atoms with Crippen molar-refractivity contribution in [2.24, 2.45) is 5.92 Å². The van der Waals surface area contributed by atoms with E-state index in [0.717, 1.165) is 18.9 Å². The first-order valence-corrected chi connectivity index (χ1v) is 7.81. The minimum atomic E-state index is 0.444. The van der Waals surface area contributed by atoms with Crippen molar-refractivity contribution < 1.29 is 0 Å². The van der Waals surface area contributed by atoms with Crippen LogP contribution in [0.5, 0.6) is 0 Å². The number of likely N-dealkylation sites (tertiary alicyclic amines) is 1. The molecule has 20 heavy (non-hydrogen) atoms. The zero-order chi connectivity index (χ0) is 14.5. The first-order valence-electron chi connectivity index (χ1n) is 7.81. The van der Waals surface area contributed by atoms with Crippen molar-refractivity contribution in [1.29, 1.82) is 0 Å². The average molecular weight is 275 g/mol. The van der Waals surface area contributed by atoms with Crippen molar-refractivity contribution in [3.8, 4) is 0 Å². The summed E-state index contributed by atoms with van der Waals surface area (Å²) in [5.74, 6) is 0.799. The molecular formula is C17H29N3. The van der Waals surface area contributed by atoms with Gasteiger partial charge < -0.3 is 15.1 Å². The Morgan fingerprint density at radius 3 is 2.75 bits per heavy atom. The van der Waals surface area contributed by atoms with E-state index in [4.69, 9.17) is 0 Å². The Balaban J connectivity index is 2.10. The number of para-hydroxylation sites is 1. The predicted molar refractivity (Wildman–Crippen MR) is 87.4 cm³/mol. The summed E-state index contributed by atoms with van der Waals surface area (Å²) in [4.78, 5) is 4.88. The van der Waals surface area contributed by atoms with E-state index in [1.807, 2.05) is 0 Å². The highest BCUT2D eigenvalue weighted by molar-refractivity contribution is 5.54. The lowest BCUT2D eigenvalue weighted by Gasteiger charge is -2.28. The van der Waals surface area contributed by atoms with E-state index in [1.54, 1.807) is 0 Å². The van der Waals surface area contributed by atoms with Gasteiger partial charge in [-0.3, -0.25) is 0 Å². The minimum Gasteiger partial charge on any atom is -0.374 e. The van der Waals surface area contributed by atoms with E-state index >= 15 is 0 Å². The summed E-state index contributed by atoms with van der Waals surface area (Å²) in [6, 6.07) is 9.26. The van der Waals surface area contributed by atoms with Gasteiger partial charge >= 0.3 is 0 Å². The monoisotopic (exact) mass is 275 g/mol. The summed E-state index contributed by atoms with van der Waals surface area (Å²) in [7, 11) is 6.51. The molecule has 2 atom stereocenters. The summed E-state index contributed by atoms with van der Waals surface area (Å²) in [5, 5.41) is 3.43. The van der Waals surface area contributed by atoms with E-state index in [9.17, 15) is 0 Å². The molecule has 1 heterocycles. The lowest BCUT2D eigenvalue weighted by atomic mass is 10.0. The van der Waals surface area contributed by atoms with Gasteiger partial charge in [0, 0.05) is 31.9 Å². The SMILES string of the molecule is CCC(NC)c1ccccc1N(C)CC1CCN(C)C1. The molecule has 3 nitrogen and oxygen atoms in total. The van der Waals surface area contributed by atoms with E-state index in [-0.39, 0.29) is 0 Å². The fraction of sp³-hybridized carbons (Fsp3) is 0.647. The summed E-state index contributed by atoms with van der Waals surface area (Å²) in [5.41, 5.74) is 2.80. The fourth-order valence-electron chi connectivity index (χ4n) is 3.37. The molecule has 1 fully saturated rings. The van der Waals surface area contributed by atoms with Crippen LogP contribution in [-0.2, 0) is 0 Å².